The van der Waals surface area contributed by atoms with Crippen molar-refractivity contribution in [3.05, 3.63) is 116 Å². The molecule has 0 radical (unpaired) electrons. The maximum Gasteiger partial charge on any atom is 0.305 e. The number of nitrogens with zero attached hydrogens (tertiary/aromatic N) is 1. The summed E-state index contributed by atoms with van der Waals surface area (Å²) in [5, 5.41) is 6.03. The van der Waals surface area contributed by atoms with Crippen molar-refractivity contribution in [2.75, 3.05) is 16.8 Å². The molecule has 11 heteroatoms. The molecule has 3 heterocycles. The quantitative estimate of drug-likeness (QED) is 0.181. The van der Waals surface area contributed by atoms with Crippen LogP contribution < -0.4 is 19.8 Å². The number of aromatic nitrogens is 1. The number of imide groups is 1. The Labute approximate surface area is 292 Å². The maximum absolute atomic E-state index is 14.0. The van der Waals surface area contributed by atoms with Crippen molar-refractivity contribution in [1.29, 1.82) is 0 Å². The summed E-state index contributed by atoms with van der Waals surface area (Å²) in [4.78, 5) is 58.5. The minimum absolute atomic E-state index is 0.0273. The standard InChI is InChI=1S/C37H28BrN3O5S2/c38-21-8-11-23(12-9-21)41-35(43)30-25-16-26(31(30)36(41)44)32-29(25)28(33-34(47-32)40-37(45)48-33)19-6-13-24(14-7-19)46-17-27(42)39-22-10-5-18-3-1-2-4-20(18)15-22/h1-15,25-26,28-32H,16-17H2,(H,39,42)(H,40,45)/t25-,26-,28+,29-,30+,31+,32-/m1/s1. The second kappa shape index (κ2) is 11.5. The van der Waals surface area contributed by atoms with Crippen molar-refractivity contribution in [2.45, 2.75) is 22.6 Å². The van der Waals surface area contributed by atoms with Gasteiger partial charge in [0.05, 0.1) is 22.5 Å². The fraction of sp³-hybridized carbons (Fsp3) is 0.243. The van der Waals surface area contributed by atoms with Crippen LogP contribution in [0.15, 0.2) is 105 Å². The lowest BCUT2D eigenvalue weighted by Gasteiger charge is -2.43. The number of fused-ring (bicyclic) bond motifs is 10. The Hall–Kier alpha value is -4.19. The molecule has 4 aromatic carbocycles. The minimum Gasteiger partial charge on any atom is -0.484 e. The second-order valence-corrected chi connectivity index (χ2v) is 16.0. The number of benzene rings is 4. The van der Waals surface area contributed by atoms with E-state index in [1.165, 1.54) is 16.2 Å². The van der Waals surface area contributed by atoms with Gasteiger partial charge in [0, 0.05) is 26.2 Å². The maximum atomic E-state index is 14.0. The van der Waals surface area contributed by atoms with Crippen molar-refractivity contribution in [3.63, 3.8) is 0 Å². The monoisotopic (exact) mass is 737 g/mol. The van der Waals surface area contributed by atoms with Crippen molar-refractivity contribution in [3.8, 4) is 5.75 Å². The molecule has 0 unspecified atom stereocenters. The molecule has 2 saturated carbocycles. The van der Waals surface area contributed by atoms with Crippen LogP contribution in [0.2, 0.25) is 0 Å². The average molecular weight is 739 g/mol. The zero-order valence-corrected chi connectivity index (χ0v) is 28.5. The average Bonchev–Trinajstić information content (AvgIpc) is 3.83. The van der Waals surface area contributed by atoms with Crippen LogP contribution in [0.1, 0.15) is 22.8 Å². The first-order chi connectivity index (χ1) is 23.3. The Morgan fingerprint density at radius 1 is 0.896 bits per heavy atom. The van der Waals surface area contributed by atoms with Crippen LogP contribution >= 0.6 is 39.0 Å². The van der Waals surface area contributed by atoms with E-state index in [4.69, 9.17) is 4.74 Å². The SMILES string of the molecule is O=C(COc1ccc([C@@H]2c3sc(=O)[nH]c3S[C@@H]3[C@@H]4C[C@@H]([C@@H]5C(=O)N(c6ccc(Br)cc6)C(=O)[C@@H]45)[C@H]23)cc1)Nc1ccc2ccccc2c1. The van der Waals surface area contributed by atoms with E-state index in [9.17, 15) is 19.2 Å². The van der Waals surface area contributed by atoms with E-state index in [1.807, 2.05) is 91.0 Å². The van der Waals surface area contributed by atoms with E-state index in [0.29, 0.717) is 17.1 Å². The predicted octanol–water partition coefficient (Wildman–Crippen LogP) is 7.05. The molecule has 2 aliphatic carbocycles. The lowest BCUT2D eigenvalue weighted by molar-refractivity contribution is -0.123. The predicted molar refractivity (Wildman–Crippen MR) is 190 cm³/mol. The summed E-state index contributed by atoms with van der Waals surface area (Å²) in [6.45, 7) is -0.141. The number of nitrogens with one attached hydrogen (secondary N) is 2. The number of carbonyl (C=O) groups excluding carboxylic acids is 3. The highest BCUT2D eigenvalue weighted by Gasteiger charge is 2.69. The van der Waals surface area contributed by atoms with Crippen LogP contribution in [0.3, 0.4) is 0 Å². The largest absolute Gasteiger partial charge is 0.484 e. The molecule has 2 N–H and O–H groups in total. The third kappa shape index (κ3) is 4.77. The van der Waals surface area contributed by atoms with Crippen LogP contribution in [-0.4, -0.2) is 34.6 Å². The summed E-state index contributed by atoms with van der Waals surface area (Å²) >= 11 is 6.35. The third-order valence-corrected chi connectivity index (χ3v) is 13.6. The number of thiazole rings is 1. The molecule has 9 rings (SSSR count). The normalized spacial score (nSPS) is 26.8. The fourth-order valence-electron chi connectivity index (χ4n) is 8.62. The lowest BCUT2D eigenvalue weighted by atomic mass is 9.68. The molecule has 3 fully saturated rings. The van der Waals surface area contributed by atoms with Gasteiger partial charge in [-0.3, -0.25) is 24.1 Å². The number of ether oxygens (including phenoxy) is 1. The van der Waals surface area contributed by atoms with Crippen LogP contribution in [0.4, 0.5) is 11.4 Å². The van der Waals surface area contributed by atoms with Gasteiger partial charge in [-0.25, -0.2) is 0 Å². The lowest BCUT2D eigenvalue weighted by Crippen LogP contribution is -2.42. The first kappa shape index (κ1) is 29.9. The van der Waals surface area contributed by atoms with Crippen molar-refractivity contribution in [2.24, 2.45) is 29.6 Å². The molecule has 48 heavy (non-hydrogen) atoms. The fourth-order valence-corrected chi connectivity index (χ4v) is 11.8. The second-order valence-electron chi connectivity index (χ2n) is 12.9. The molecule has 1 aromatic heterocycles. The number of hydrogen-bond donors (Lipinski definition) is 2. The summed E-state index contributed by atoms with van der Waals surface area (Å²) in [7, 11) is 0. The van der Waals surface area contributed by atoms with E-state index < -0.39 is 0 Å². The number of amides is 3. The van der Waals surface area contributed by atoms with Crippen LogP contribution in [0, 0.1) is 29.6 Å². The Bertz CT molecular complexity index is 2180. The molecule has 2 bridgehead atoms. The number of anilines is 2. The Balaban J connectivity index is 0.955. The highest BCUT2D eigenvalue weighted by atomic mass is 79.9. The van der Waals surface area contributed by atoms with E-state index in [0.717, 1.165) is 37.1 Å². The van der Waals surface area contributed by atoms with E-state index in [1.54, 1.807) is 11.8 Å². The number of H-pyrrole nitrogens is 1. The number of halogens is 1. The number of thioether (sulfide) groups is 1. The highest BCUT2D eigenvalue weighted by molar-refractivity contribution is 9.10. The Morgan fingerprint density at radius 3 is 2.40 bits per heavy atom. The van der Waals surface area contributed by atoms with Gasteiger partial charge in [-0.05, 0) is 89.0 Å². The molecule has 3 amide bonds. The van der Waals surface area contributed by atoms with Crippen LogP contribution in [-0.2, 0) is 14.4 Å². The third-order valence-electron chi connectivity index (χ3n) is 10.5. The van der Waals surface area contributed by atoms with Gasteiger partial charge >= 0.3 is 4.87 Å². The smallest absolute Gasteiger partial charge is 0.305 e. The van der Waals surface area contributed by atoms with Crippen LogP contribution in [0.5, 0.6) is 5.75 Å². The summed E-state index contributed by atoms with van der Waals surface area (Å²) in [6.07, 6.45) is 0.826. The summed E-state index contributed by atoms with van der Waals surface area (Å²) in [5.74, 6) is -0.539. The van der Waals surface area contributed by atoms with Gasteiger partial charge in [-0.2, -0.15) is 0 Å². The van der Waals surface area contributed by atoms with Crippen molar-refractivity contribution >= 4 is 78.9 Å². The summed E-state index contributed by atoms with van der Waals surface area (Å²) in [6, 6.07) is 28.8. The topological polar surface area (TPSA) is 109 Å². The van der Waals surface area contributed by atoms with Gasteiger partial charge in [0.1, 0.15) is 5.75 Å². The summed E-state index contributed by atoms with van der Waals surface area (Å²) in [5.41, 5.74) is 2.35. The number of rotatable bonds is 6. The van der Waals surface area contributed by atoms with Crippen molar-refractivity contribution < 1.29 is 19.1 Å². The molecule has 5 aromatic rings. The first-order valence-electron chi connectivity index (χ1n) is 15.9. The van der Waals surface area contributed by atoms with Gasteiger partial charge in [0.25, 0.3) is 5.91 Å². The van der Waals surface area contributed by atoms with Gasteiger partial charge in [-0.1, -0.05) is 69.7 Å². The van der Waals surface area contributed by atoms with Gasteiger partial charge in [0.15, 0.2) is 6.61 Å². The number of carbonyl (C=O) groups is 3. The van der Waals surface area contributed by atoms with Gasteiger partial charge < -0.3 is 15.0 Å². The Morgan fingerprint density at radius 2 is 1.62 bits per heavy atom. The minimum atomic E-state index is -0.364. The number of hydrogen-bond acceptors (Lipinski definition) is 7. The molecule has 2 aliphatic heterocycles. The van der Waals surface area contributed by atoms with E-state index in [-0.39, 0.29) is 70.0 Å². The molecule has 7 atom stereocenters. The van der Waals surface area contributed by atoms with Gasteiger partial charge in [-0.15, -0.1) is 11.8 Å². The zero-order chi connectivity index (χ0) is 32.7. The molecule has 1 saturated heterocycles. The molecule has 8 nitrogen and oxygen atoms in total. The zero-order valence-electron chi connectivity index (χ0n) is 25.3. The number of aromatic amines is 1. The Kier molecular flexibility index (Phi) is 7.14. The molecule has 0 spiro atoms. The first-order valence-corrected chi connectivity index (χ1v) is 18.4. The molecular weight excluding hydrogens is 710 g/mol. The summed E-state index contributed by atoms with van der Waals surface area (Å²) < 4.78 is 6.75. The highest BCUT2D eigenvalue weighted by Crippen LogP contribution is 2.68. The molecule has 240 valence electrons. The molecular formula is C37H28BrN3O5S2. The van der Waals surface area contributed by atoms with E-state index in [2.05, 4.69) is 26.2 Å². The van der Waals surface area contributed by atoms with Gasteiger partial charge in [0.2, 0.25) is 11.8 Å². The van der Waals surface area contributed by atoms with Crippen molar-refractivity contribution in [1.82, 2.24) is 4.98 Å². The molecule has 4 aliphatic rings. The van der Waals surface area contributed by atoms with E-state index >= 15 is 0 Å². The van der Waals surface area contributed by atoms with Crippen LogP contribution in [0.25, 0.3) is 10.8 Å².